The number of aryl methyl sites for hydroxylation is 4. The van der Waals surface area contributed by atoms with Crippen LogP contribution in [0.25, 0.3) is 43.6 Å². The van der Waals surface area contributed by atoms with E-state index in [1.807, 2.05) is 52.0 Å². The second kappa shape index (κ2) is 14.0. The smallest absolute Gasteiger partial charge is 0.853 e. The number of fused-ring (bicyclic) bond motifs is 6. The van der Waals surface area contributed by atoms with E-state index in [0.717, 1.165) is 66.4 Å². The molecule has 10 nitrogen and oxygen atoms in total. The van der Waals surface area contributed by atoms with Gasteiger partial charge in [0.1, 0.15) is 0 Å². The maximum atomic E-state index is 10.5. The molecule has 2 atom stereocenters. The SMILES string of the molecule is Cc1ccc2ccc3ccc(C)nc3c2n1.Cc1ccc2ccc3ccc(C)nc3c2n1.O=C1OC(C(O)C[O-])C(O)=C1O.[Cu+]. The van der Waals surface area contributed by atoms with E-state index in [9.17, 15) is 9.90 Å². The number of carbonyl (C=O) groups is 1. The molecule has 0 aliphatic carbocycles. The molecule has 1 aliphatic heterocycles. The number of aromatic nitrogens is 4. The normalized spacial score (nSPS) is 14.8. The quantitative estimate of drug-likeness (QED) is 0.135. The zero-order valence-corrected chi connectivity index (χ0v) is 25.9. The van der Waals surface area contributed by atoms with E-state index in [-0.39, 0.29) is 17.1 Å². The van der Waals surface area contributed by atoms with Crippen molar-refractivity contribution in [1.82, 2.24) is 19.9 Å². The number of aliphatic hydroxyl groups excluding tert-OH is 3. The molecule has 7 rings (SSSR count). The molecule has 1 aliphatic rings. The number of ether oxygens (including phenoxy) is 1. The van der Waals surface area contributed by atoms with Gasteiger partial charge in [-0.3, -0.25) is 19.9 Å². The topological polar surface area (TPSA) is 162 Å². The van der Waals surface area contributed by atoms with Crippen molar-refractivity contribution >= 4 is 49.6 Å². The first kappa shape index (κ1) is 33.2. The Labute approximate surface area is 269 Å². The van der Waals surface area contributed by atoms with E-state index in [4.69, 9.17) is 15.3 Å². The summed E-state index contributed by atoms with van der Waals surface area (Å²) in [5, 5.41) is 41.2. The molecule has 2 unspecified atom stereocenters. The molecule has 5 heterocycles. The summed E-state index contributed by atoms with van der Waals surface area (Å²) in [6.07, 6.45) is -2.95. The van der Waals surface area contributed by atoms with Crippen LogP contribution in [-0.4, -0.2) is 60.0 Å². The third-order valence-corrected chi connectivity index (χ3v) is 7.06. The van der Waals surface area contributed by atoms with Gasteiger partial charge in [0.25, 0.3) is 0 Å². The largest absolute Gasteiger partial charge is 1.00 e. The fraction of sp³-hybridized carbons (Fsp3) is 0.206. The maximum absolute atomic E-state index is 10.5. The van der Waals surface area contributed by atoms with Gasteiger partial charge in [-0.1, -0.05) is 48.5 Å². The minimum absolute atomic E-state index is 0. The minimum Gasteiger partial charge on any atom is -0.853 e. The van der Waals surface area contributed by atoms with Gasteiger partial charge in [-0.2, -0.15) is 0 Å². The average Bonchev–Trinajstić information content (AvgIpc) is 3.28. The number of hydrogen-bond acceptors (Lipinski definition) is 10. The monoisotopic (exact) mass is 654 g/mol. The van der Waals surface area contributed by atoms with Gasteiger partial charge >= 0.3 is 23.0 Å². The number of esters is 1. The van der Waals surface area contributed by atoms with Crippen LogP contribution in [0.5, 0.6) is 0 Å². The summed E-state index contributed by atoms with van der Waals surface area (Å²) in [5.74, 6) is -2.87. The van der Waals surface area contributed by atoms with Crippen molar-refractivity contribution in [3.05, 3.63) is 107 Å². The third-order valence-electron chi connectivity index (χ3n) is 7.06. The maximum Gasteiger partial charge on any atom is 1.00 e. The summed E-state index contributed by atoms with van der Waals surface area (Å²) in [5.41, 5.74) is 8.13. The molecule has 0 saturated heterocycles. The van der Waals surface area contributed by atoms with Crippen molar-refractivity contribution in [3.63, 3.8) is 0 Å². The van der Waals surface area contributed by atoms with Crippen LogP contribution in [0, 0.1) is 27.7 Å². The van der Waals surface area contributed by atoms with E-state index in [2.05, 4.69) is 73.2 Å². The fourth-order valence-corrected chi connectivity index (χ4v) is 4.74. The first-order valence-electron chi connectivity index (χ1n) is 13.9. The number of nitrogens with zero attached hydrogens (tertiary/aromatic N) is 4. The van der Waals surface area contributed by atoms with Gasteiger partial charge in [-0.05, 0) is 52.0 Å². The summed E-state index contributed by atoms with van der Waals surface area (Å²) >= 11 is 0. The Hall–Kier alpha value is -4.67. The zero-order valence-electron chi connectivity index (χ0n) is 24.9. The van der Waals surface area contributed by atoms with Crippen LogP contribution in [0.1, 0.15) is 22.8 Å². The summed E-state index contributed by atoms with van der Waals surface area (Å²) in [7, 11) is 0. The standard InChI is InChI=1S/2C14H12N2.C6H7O6.Cu/c2*1-9-3-5-11-7-8-12-6-4-10(2)16-14(12)13(11)15-9;7-1-2(8)5-3(9)4(10)6(11)12-5;/h2*3-8H,1-2H3;2,5,8-10H,1H2;/q;;-1;+1. The molecule has 45 heavy (non-hydrogen) atoms. The van der Waals surface area contributed by atoms with Crippen LogP contribution in [0.4, 0.5) is 0 Å². The molecular weight excluding hydrogens is 624 g/mol. The molecule has 11 heteroatoms. The Kier molecular flexibility index (Phi) is 10.3. The summed E-state index contributed by atoms with van der Waals surface area (Å²) in [6, 6.07) is 24.9. The molecule has 6 aromatic rings. The second-order valence-electron chi connectivity index (χ2n) is 10.5. The minimum atomic E-state index is -1.53. The first-order valence-corrected chi connectivity index (χ1v) is 13.9. The molecule has 0 spiro atoms. The Balaban J connectivity index is 0.000000154. The zero-order chi connectivity index (χ0) is 31.5. The van der Waals surface area contributed by atoms with Gasteiger partial charge in [0, 0.05) is 44.3 Å². The van der Waals surface area contributed by atoms with Crippen molar-refractivity contribution in [1.29, 1.82) is 0 Å². The van der Waals surface area contributed by atoms with E-state index >= 15 is 0 Å². The molecule has 0 fully saturated rings. The Morgan fingerprint density at radius 2 is 0.933 bits per heavy atom. The predicted octanol–water partition coefficient (Wildman–Crippen LogP) is 4.76. The first-order chi connectivity index (χ1) is 21.0. The summed E-state index contributed by atoms with van der Waals surface area (Å²) in [6.45, 7) is 7.11. The van der Waals surface area contributed by atoms with Crippen molar-refractivity contribution in [2.45, 2.75) is 39.9 Å². The fourth-order valence-electron chi connectivity index (χ4n) is 4.74. The van der Waals surface area contributed by atoms with E-state index in [0.29, 0.717) is 0 Å². The van der Waals surface area contributed by atoms with Crippen LogP contribution in [-0.2, 0) is 26.6 Å². The van der Waals surface area contributed by atoms with Gasteiger partial charge in [-0.15, -0.1) is 6.61 Å². The predicted molar refractivity (Wildman–Crippen MR) is 166 cm³/mol. The van der Waals surface area contributed by atoms with Gasteiger partial charge in [0.2, 0.25) is 5.76 Å². The molecule has 0 amide bonds. The molecule has 0 bridgehead atoms. The van der Waals surface area contributed by atoms with Gasteiger partial charge in [0.15, 0.2) is 11.9 Å². The van der Waals surface area contributed by atoms with Crippen LogP contribution in [0.3, 0.4) is 0 Å². The molecule has 2 aromatic carbocycles. The molecule has 0 saturated carbocycles. The van der Waals surface area contributed by atoms with Crippen molar-refractivity contribution in [2.24, 2.45) is 0 Å². The number of carbonyl (C=O) groups excluding carboxylic acids is 1. The van der Waals surface area contributed by atoms with Gasteiger partial charge in [-0.25, -0.2) is 4.79 Å². The Bertz CT molecular complexity index is 1820. The van der Waals surface area contributed by atoms with E-state index in [1.165, 1.54) is 0 Å². The number of benzene rings is 2. The van der Waals surface area contributed by atoms with Crippen LogP contribution in [0.15, 0.2) is 84.3 Å². The Morgan fingerprint density at radius 3 is 1.18 bits per heavy atom. The van der Waals surface area contributed by atoms with Gasteiger partial charge in [0.05, 0.1) is 28.2 Å². The number of cyclic esters (lactones) is 1. The Morgan fingerprint density at radius 1 is 0.644 bits per heavy atom. The molecule has 0 radical (unpaired) electrons. The third kappa shape index (κ3) is 7.19. The summed E-state index contributed by atoms with van der Waals surface area (Å²) in [4.78, 5) is 28.8. The summed E-state index contributed by atoms with van der Waals surface area (Å²) < 4.78 is 4.28. The molecule has 234 valence electrons. The molecule has 4 aromatic heterocycles. The number of rotatable bonds is 2. The van der Waals surface area contributed by atoms with Gasteiger partial charge < -0.3 is 25.2 Å². The van der Waals surface area contributed by atoms with Crippen LogP contribution >= 0.6 is 0 Å². The second-order valence-corrected chi connectivity index (χ2v) is 10.5. The molecular formula is C34H31CuN4O6. The number of pyridine rings is 4. The molecule has 3 N–H and O–H groups in total. The van der Waals surface area contributed by atoms with E-state index in [1.54, 1.807) is 0 Å². The van der Waals surface area contributed by atoms with Crippen molar-refractivity contribution in [3.8, 4) is 0 Å². The average molecular weight is 655 g/mol. The van der Waals surface area contributed by atoms with Crippen LogP contribution < -0.4 is 5.11 Å². The van der Waals surface area contributed by atoms with Crippen LogP contribution in [0.2, 0.25) is 0 Å². The van der Waals surface area contributed by atoms with E-state index < -0.39 is 36.3 Å². The van der Waals surface area contributed by atoms with Crippen molar-refractivity contribution < 1.29 is 47.0 Å². The van der Waals surface area contributed by atoms with Crippen molar-refractivity contribution in [2.75, 3.05) is 6.61 Å². The number of aliphatic hydroxyl groups is 3. The number of hydrogen-bond donors (Lipinski definition) is 3.